The second-order valence-electron chi connectivity index (χ2n) is 8.47. The predicted molar refractivity (Wildman–Crippen MR) is 120 cm³/mol. The minimum absolute atomic E-state index is 0.0179. The third-order valence-electron chi connectivity index (χ3n) is 6.48. The van der Waals surface area contributed by atoms with Crippen LogP contribution >= 0.6 is 11.6 Å². The number of nitrogens with two attached hydrogens (primary N) is 1. The number of anilines is 1. The maximum Gasteiger partial charge on any atom is 0.239 e. The fourth-order valence-electron chi connectivity index (χ4n) is 4.73. The molecule has 4 rings (SSSR count). The van der Waals surface area contributed by atoms with Crippen LogP contribution in [0.2, 0.25) is 5.02 Å². The zero-order chi connectivity index (χ0) is 21.3. The summed E-state index contributed by atoms with van der Waals surface area (Å²) in [6.45, 7) is 6.54. The second kappa shape index (κ2) is 8.90. The third-order valence-corrected chi connectivity index (χ3v) is 6.73. The van der Waals surface area contributed by atoms with Crippen LogP contribution in [0.3, 0.4) is 0 Å². The molecule has 1 aliphatic heterocycles. The van der Waals surface area contributed by atoms with E-state index in [0.29, 0.717) is 30.5 Å². The molecule has 2 aromatic rings. The smallest absolute Gasteiger partial charge is 0.239 e. The Morgan fingerprint density at radius 3 is 2.77 bits per heavy atom. The van der Waals surface area contributed by atoms with E-state index in [2.05, 4.69) is 28.7 Å². The van der Waals surface area contributed by atoms with Crippen molar-refractivity contribution in [1.82, 2.24) is 14.9 Å². The van der Waals surface area contributed by atoms with E-state index < -0.39 is 6.04 Å². The van der Waals surface area contributed by atoms with E-state index in [1.165, 1.54) is 11.3 Å². The van der Waals surface area contributed by atoms with E-state index in [9.17, 15) is 4.79 Å². The molecule has 0 radical (unpaired) electrons. The van der Waals surface area contributed by atoms with Crippen molar-refractivity contribution in [2.75, 3.05) is 24.5 Å². The van der Waals surface area contributed by atoms with Crippen molar-refractivity contribution < 1.29 is 4.79 Å². The van der Waals surface area contributed by atoms with Gasteiger partial charge in [0.2, 0.25) is 5.91 Å². The van der Waals surface area contributed by atoms with Gasteiger partial charge in [0.25, 0.3) is 0 Å². The molecule has 1 aromatic carbocycles. The van der Waals surface area contributed by atoms with E-state index in [4.69, 9.17) is 17.3 Å². The summed E-state index contributed by atoms with van der Waals surface area (Å²) in [7, 11) is 0. The van der Waals surface area contributed by atoms with Crippen molar-refractivity contribution >= 4 is 23.3 Å². The topological polar surface area (TPSA) is 75.3 Å². The Labute approximate surface area is 183 Å². The van der Waals surface area contributed by atoms with E-state index in [1.54, 1.807) is 6.33 Å². The summed E-state index contributed by atoms with van der Waals surface area (Å²) in [5, 5.41) is 0.686. The number of aromatic nitrogens is 2. The maximum absolute atomic E-state index is 13.0. The first kappa shape index (κ1) is 21.1. The molecule has 0 bridgehead atoms. The number of hydrogen-bond acceptors (Lipinski definition) is 5. The second-order valence-corrected chi connectivity index (χ2v) is 8.91. The van der Waals surface area contributed by atoms with Crippen LogP contribution in [0.25, 0.3) is 0 Å². The molecule has 1 aromatic heterocycles. The van der Waals surface area contributed by atoms with Gasteiger partial charge < -0.3 is 15.5 Å². The summed E-state index contributed by atoms with van der Waals surface area (Å²) in [4.78, 5) is 26.5. The van der Waals surface area contributed by atoms with Gasteiger partial charge in [-0.15, -0.1) is 0 Å². The molecular weight excluding hydrogens is 398 g/mol. The Bertz CT molecular complexity index is 903. The molecule has 1 saturated heterocycles. The monoisotopic (exact) mass is 427 g/mol. The van der Waals surface area contributed by atoms with E-state index >= 15 is 0 Å². The maximum atomic E-state index is 13.0. The van der Waals surface area contributed by atoms with Crippen LogP contribution in [-0.2, 0) is 17.6 Å². The molecule has 1 fully saturated rings. The highest BCUT2D eigenvalue weighted by molar-refractivity contribution is 6.30. The molecule has 1 amide bonds. The van der Waals surface area contributed by atoms with Crippen LogP contribution in [-0.4, -0.2) is 52.5 Å². The Balaban J connectivity index is 1.45. The van der Waals surface area contributed by atoms with Gasteiger partial charge in [0.05, 0.1) is 6.04 Å². The van der Waals surface area contributed by atoms with Gasteiger partial charge in [-0.1, -0.05) is 37.6 Å². The van der Waals surface area contributed by atoms with Gasteiger partial charge in [0, 0.05) is 42.0 Å². The predicted octanol–water partition coefficient (Wildman–Crippen LogP) is 3.18. The average Bonchev–Trinajstić information content (AvgIpc) is 3.15. The minimum atomic E-state index is -0.543. The zero-order valence-electron chi connectivity index (χ0n) is 17.7. The Kier molecular flexibility index (Phi) is 6.25. The first-order valence-electron chi connectivity index (χ1n) is 10.9. The summed E-state index contributed by atoms with van der Waals surface area (Å²) in [5.74, 6) is 1.57. The van der Waals surface area contributed by atoms with E-state index in [1.807, 2.05) is 29.2 Å². The quantitative estimate of drug-likeness (QED) is 0.793. The van der Waals surface area contributed by atoms with Crippen LogP contribution in [0.1, 0.15) is 49.4 Å². The lowest BCUT2D eigenvalue weighted by Gasteiger charge is -2.43. The van der Waals surface area contributed by atoms with Gasteiger partial charge in [-0.25, -0.2) is 9.97 Å². The lowest BCUT2D eigenvalue weighted by atomic mass is 10.0. The number of carbonyl (C=O) groups excluding carboxylic acids is 1. The number of fused-ring (bicyclic) bond motifs is 1. The van der Waals surface area contributed by atoms with Gasteiger partial charge >= 0.3 is 0 Å². The number of amides is 1. The van der Waals surface area contributed by atoms with Gasteiger partial charge in [-0.2, -0.15) is 0 Å². The molecule has 3 unspecified atom stereocenters. The van der Waals surface area contributed by atoms with Crippen LogP contribution < -0.4 is 10.6 Å². The molecule has 1 aliphatic carbocycles. The Morgan fingerprint density at radius 2 is 2.03 bits per heavy atom. The molecule has 160 valence electrons. The standard InChI is InChI=1S/C23H30ClN5O/c1-3-18-13-28(23(30)19(25)12-16-5-7-17(24)8-6-16)10-11-29(18)22-21-15(2)4-9-20(21)26-14-27-22/h5-8,14-15,18-19H,3-4,9-13,25H2,1-2H3. The van der Waals surface area contributed by atoms with Crippen molar-refractivity contribution in [2.24, 2.45) is 5.73 Å². The van der Waals surface area contributed by atoms with Crippen molar-refractivity contribution in [3.63, 3.8) is 0 Å². The lowest BCUT2D eigenvalue weighted by Crippen LogP contribution is -2.58. The number of benzene rings is 1. The fraction of sp³-hybridized carbons (Fsp3) is 0.522. The molecule has 7 heteroatoms. The summed E-state index contributed by atoms with van der Waals surface area (Å²) in [6, 6.07) is 7.22. The molecule has 0 saturated carbocycles. The SMILES string of the molecule is CCC1CN(C(=O)C(N)Cc2ccc(Cl)cc2)CCN1c1ncnc2c1C(C)CC2. The molecular formula is C23H30ClN5O. The number of carbonyl (C=O) groups is 1. The van der Waals surface area contributed by atoms with Crippen LogP contribution in [0.4, 0.5) is 5.82 Å². The minimum Gasteiger partial charge on any atom is -0.350 e. The number of aryl methyl sites for hydroxylation is 1. The Morgan fingerprint density at radius 1 is 1.27 bits per heavy atom. The van der Waals surface area contributed by atoms with E-state index in [-0.39, 0.29) is 11.9 Å². The third kappa shape index (κ3) is 4.16. The van der Waals surface area contributed by atoms with Gasteiger partial charge in [-0.3, -0.25) is 4.79 Å². The highest BCUT2D eigenvalue weighted by Crippen LogP contribution is 2.38. The average molecular weight is 428 g/mol. The fourth-order valence-corrected chi connectivity index (χ4v) is 4.86. The molecule has 2 N–H and O–H groups in total. The summed E-state index contributed by atoms with van der Waals surface area (Å²) >= 11 is 5.95. The van der Waals surface area contributed by atoms with Crippen molar-refractivity contribution in [3.8, 4) is 0 Å². The number of rotatable bonds is 5. The van der Waals surface area contributed by atoms with E-state index in [0.717, 1.165) is 37.2 Å². The highest BCUT2D eigenvalue weighted by Gasteiger charge is 2.34. The number of nitrogens with zero attached hydrogens (tertiary/aromatic N) is 4. The number of halogens is 1. The number of piperazine rings is 1. The normalized spacial score (nSPS) is 22.1. The lowest BCUT2D eigenvalue weighted by molar-refractivity contribution is -0.133. The van der Waals surface area contributed by atoms with Crippen molar-refractivity contribution in [2.45, 2.75) is 57.5 Å². The largest absolute Gasteiger partial charge is 0.350 e. The molecule has 30 heavy (non-hydrogen) atoms. The summed E-state index contributed by atoms with van der Waals surface area (Å²) in [6.07, 6.45) is 5.32. The van der Waals surface area contributed by atoms with Crippen LogP contribution in [0.15, 0.2) is 30.6 Å². The first-order valence-corrected chi connectivity index (χ1v) is 11.2. The van der Waals surface area contributed by atoms with Crippen molar-refractivity contribution in [1.29, 1.82) is 0 Å². The molecule has 0 spiro atoms. The Hall–Kier alpha value is -2.18. The summed E-state index contributed by atoms with van der Waals surface area (Å²) < 4.78 is 0. The van der Waals surface area contributed by atoms with Crippen LogP contribution in [0.5, 0.6) is 0 Å². The number of hydrogen-bond donors (Lipinski definition) is 1. The molecule has 3 atom stereocenters. The molecule has 2 heterocycles. The molecule has 6 nitrogen and oxygen atoms in total. The van der Waals surface area contributed by atoms with Crippen molar-refractivity contribution in [3.05, 3.63) is 52.4 Å². The van der Waals surface area contributed by atoms with Crippen LogP contribution in [0, 0.1) is 0 Å². The van der Waals surface area contributed by atoms with Gasteiger partial charge in [-0.05, 0) is 49.3 Å². The van der Waals surface area contributed by atoms with Gasteiger partial charge in [0.1, 0.15) is 12.1 Å². The summed E-state index contributed by atoms with van der Waals surface area (Å²) in [5.41, 5.74) is 9.80. The highest BCUT2D eigenvalue weighted by atomic mass is 35.5. The molecule has 2 aliphatic rings. The van der Waals surface area contributed by atoms with Gasteiger partial charge in [0.15, 0.2) is 0 Å². The first-order chi connectivity index (χ1) is 14.5. The zero-order valence-corrected chi connectivity index (χ0v) is 18.5.